The SMILES string of the molecule is Cc1cc(SC(F)(F)F)c(Br)cc1[N+](=O)[O-]. The van der Waals surface area contributed by atoms with Crippen molar-refractivity contribution in [2.75, 3.05) is 0 Å². The molecule has 1 aromatic carbocycles. The van der Waals surface area contributed by atoms with Crippen LogP contribution in [-0.2, 0) is 0 Å². The minimum Gasteiger partial charge on any atom is -0.258 e. The zero-order valence-corrected chi connectivity index (χ0v) is 10.2. The van der Waals surface area contributed by atoms with E-state index in [9.17, 15) is 23.3 Å². The maximum absolute atomic E-state index is 12.1. The molecule has 0 saturated heterocycles. The Morgan fingerprint density at radius 2 is 2.00 bits per heavy atom. The third-order valence-electron chi connectivity index (χ3n) is 1.67. The number of thioether (sulfide) groups is 1. The van der Waals surface area contributed by atoms with E-state index in [0.717, 1.165) is 12.1 Å². The number of aryl methyl sites for hydroxylation is 1. The van der Waals surface area contributed by atoms with Gasteiger partial charge in [-0.05, 0) is 40.7 Å². The van der Waals surface area contributed by atoms with Crippen LogP contribution in [0.25, 0.3) is 0 Å². The Hall–Kier alpha value is -0.760. The Kier molecular flexibility index (Phi) is 3.84. The van der Waals surface area contributed by atoms with Crippen molar-refractivity contribution < 1.29 is 18.1 Å². The van der Waals surface area contributed by atoms with Gasteiger partial charge in [0.05, 0.1) is 4.92 Å². The second-order valence-corrected chi connectivity index (χ2v) is 4.84. The Morgan fingerprint density at radius 3 is 2.44 bits per heavy atom. The average molecular weight is 316 g/mol. The predicted molar refractivity (Wildman–Crippen MR) is 57.4 cm³/mol. The van der Waals surface area contributed by atoms with Gasteiger partial charge >= 0.3 is 5.51 Å². The lowest BCUT2D eigenvalue weighted by atomic mass is 10.2. The summed E-state index contributed by atoms with van der Waals surface area (Å²) in [6, 6.07) is 2.21. The fraction of sp³-hybridized carbons (Fsp3) is 0.250. The summed E-state index contributed by atoms with van der Waals surface area (Å²) >= 11 is 2.57. The highest BCUT2D eigenvalue weighted by molar-refractivity contribution is 9.10. The largest absolute Gasteiger partial charge is 0.446 e. The summed E-state index contributed by atoms with van der Waals surface area (Å²) in [7, 11) is 0. The van der Waals surface area contributed by atoms with Gasteiger partial charge in [-0.2, -0.15) is 13.2 Å². The molecule has 88 valence electrons. The number of nitro groups is 1. The maximum atomic E-state index is 12.1. The Labute approximate surface area is 101 Å². The van der Waals surface area contributed by atoms with E-state index in [4.69, 9.17) is 0 Å². The van der Waals surface area contributed by atoms with Crippen LogP contribution in [0.1, 0.15) is 5.56 Å². The minimum absolute atomic E-state index is 0.0622. The normalized spacial score (nSPS) is 11.6. The van der Waals surface area contributed by atoms with Gasteiger partial charge in [-0.15, -0.1) is 0 Å². The molecule has 0 radical (unpaired) electrons. The smallest absolute Gasteiger partial charge is 0.258 e. The van der Waals surface area contributed by atoms with Crippen LogP contribution < -0.4 is 0 Å². The van der Waals surface area contributed by atoms with E-state index in [0.29, 0.717) is 0 Å². The van der Waals surface area contributed by atoms with E-state index in [1.165, 1.54) is 6.92 Å². The van der Waals surface area contributed by atoms with Crippen LogP contribution in [0.5, 0.6) is 0 Å². The summed E-state index contributed by atoms with van der Waals surface area (Å²) in [5, 5.41) is 10.5. The van der Waals surface area contributed by atoms with Crippen LogP contribution in [0.4, 0.5) is 18.9 Å². The fourth-order valence-corrected chi connectivity index (χ4v) is 2.26. The lowest BCUT2D eigenvalue weighted by Crippen LogP contribution is -2.00. The van der Waals surface area contributed by atoms with Crippen LogP contribution in [0, 0.1) is 17.0 Å². The first-order valence-electron chi connectivity index (χ1n) is 3.91. The van der Waals surface area contributed by atoms with Crippen LogP contribution in [0.2, 0.25) is 0 Å². The first-order valence-corrected chi connectivity index (χ1v) is 5.52. The van der Waals surface area contributed by atoms with Crippen molar-refractivity contribution in [2.24, 2.45) is 0 Å². The Balaban J connectivity index is 3.16. The van der Waals surface area contributed by atoms with Crippen molar-refractivity contribution in [3.8, 4) is 0 Å². The zero-order chi connectivity index (χ0) is 12.5. The molecule has 8 heteroatoms. The topological polar surface area (TPSA) is 43.1 Å². The molecule has 0 N–H and O–H groups in total. The lowest BCUT2D eigenvalue weighted by molar-refractivity contribution is -0.385. The Bertz CT molecular complexity index is 436. The summed E-state index contributed by atoms with van der Waals surface area (Å²) in [5.41, 5.74) is -4.43. The summed E-state index contributed by atoms with van der Waals surface area (Å²) in [6.45, 7) is 1.39. The predicted octanol–water partition coefficient (Wildman–Crippen LogP) is 4.28. The van der Waals surface area contributed by atoms with Crippen molar-refractivity contribution in [2.45, 2.75) is 17.3 Å². The number of halogens is 4. The van der Waals surface area contributed by atoms with Crippen LogP contribution in [-0.4, -0.2) is 10.4 Å². The van der Waals surface area contributed by atoms with Crippen LogP contribution in [0.15, 0.2) is 21.5 Å². The zero-order valence-electron chi connectivity index (χ0n) is 7.84. The highest BCUT2D eigenvalue weighted by Crippen LogP contribution is 2.42. The second-order valence-electron chi connectivity index (χ2n) is 2.87. The Morgan fingerprint density at radius 1 is 1.44 bits per heavy atom. The molecule has 0 heterocycles. The highest BCUT2D eigenvalue weighted by Gasteiger charge is 2.31. The molecule has 0 aliphatic rings. The van der Waals surface area contributed by atoms with E-state index < -0.39 is 10.4 Å². The molecule has 3 nitrogen and oxygen atoms in total. The van der Waals surface area contributed by atoms with Crippen molar-refractivity contribution >= 4 is 33.4 Å². The second kappa shape index (κ2) is 4.62. The van der Waals surface area contributed by atoms with Gasteiger partial charge in [0.15, 0.2) is 0 Å². The van der Waals surface area contributed by atoms with E-state index in [2.05, 4.69) is 15.9 Å². The number of nitro benzene ring substituents is 1. The summed E-state index contributed by atoms with van der Waals surface area (Å²) in [6.07, 6.45) is 0. The summed E-state index contributed by atoms with van der Waals surface area (Å²) < 4.78 is 36.4. The van der Waals surface area contributed by atoms with Gasteiger partial charge in [-0.25, -0.2) is 0 Å². The van der Waals surface area contributed by atoms with Gasteiger partial charge in [-0.1, -0.05) is 0 Å². The first-order chi connectivity index (χ1) is 7.20. The van der Waals surface area contributed by atoms with Gasteiger partial charge in [-0.3, -0.25) is 10.1 Å². The highest BCUT2D eigenvalue weighted by atomic mass is 79.9. The quantitative estimate of drug-likeness (QED) is 0.465. The monoisotopic (exact) mass is 315 g/mol. The molecule has 0 unspecified atom stereocenters. The van der Waals surface area contributed by atoms with Crippen molar-refractivity contribution in [1.29, 1.82) is 0 Å². The van der Waals surface area contributed by atoms with Crippen LogP contribution in [0.3, 0.4) is 0 Å². The third-order valence-corrected chi connectivity index (χ3v) is 3.38. The van der Waals surface area contributed by atoms with Crippen molar-refractivity contribution in [1.82, 2.24) is 0 Å². The molecular formula is C8H5BrF3NO2S. The summed E-state index contributed by atoms with van der Waals surface area (Å²) in [4.78, 5) is 9.80. The number of rotatable bonds is 2. The van der Waals surface area contributed by atoms with E-state index in [1.54, 1.807) is 0 Å². The molecule has 1 rings (SSSR count). The standard InChI is InChI=1S/C8H5BrF3NO2S/c1-4-2-7(16-8(10,11)12)5(9)3-6(4)13(14)15/h2-3H,1H3. The first kappa shape index (κ1) is 13.3. The minimum atomic E-state index is -4.41. The molecule has 0 aliphatic carbocycles. The lowest BCUT2D eigenvalue weighted by Gasteiger charge is -2.08. The number of hydrogen-bond acceptors (Lipinski definition) is 3. The van der Waals surface area contributed by atoms with Gasteiger partial charge in [0.1, 0.15) is 0 Å². The molecule has 1 aromatic rings. The van der Waals surface area contributed by atoms with Crippen molar-refractivity contribution in [3.05, 3.63) is 32.3 Å². The molecule has 0 fully saturated rings. The van der Waals surface area contributed by atoms with Gasteiger partial charge in [0.25, 0.3) is 5.69 Å². The molecule has 0 aromatic heterocycles. The number of nitrogens with zero attached hydrogens (tertiary/aromatic N) is 1. The van der Waals surface area contributed by atoms with E-state index in [1.807, 2.05) is 0 Å². The summed E-state index contributed by atoms with van der Waals surface area (Å²) in [5.74, 6) is 0. The maximum Gasteiger partial charge on any atom is 0.446 e. The molecule has 0 atom stereocenters. The molecule has 0 bridgehead atoms. The van der Waals surface area contributed by atoms with Crippen molar-refractivity contribution in [3.63, 3.8) is 0 Å². The van der Waals surface area contributed by atoms with Gasteiger partial charge < -0.3 is 0 Å². The van der Waals surface area contributed by atoms with Gasteiger partial charge in [0, 0.05) is 21.0 Å². The molecule has 0 saturated carbocycles. The van der Waals surface area contributed by atoms with Crippen LogP contribution >= 0.6 is 27.7 Å². The fourth-order valence-electron chi connectivity index (χ4n) is 1.04. The number of hydrogen-bond donors (Lipinski definition) is 0. The molecule has 16 heavy (non-hydrogen) atoms. The third kappa shape index (κ3) is 3.38. The van der Waals surface area contributed by atoms with E-state index >= 15 is 0 Å². The average Bonchev–Trinajstić information content (AvgIpc) is 2.07. The molecular weight excluding hydrogens is 311 g/mol. The van der Waals surface area contributed by atoms with Gasteiger partial charge in [0.2, 0.25) is 0 Å². The van der Waals surface area contributed by atoms with E-state index in [-0.39, 0.29) is 32.4 Å². The molecule has 0 amide bonds. The number of alkyl halides is 3. The number of benzene rings is 1. The molecule has 0 aliphatic heterocycles. The molecule has 0 spiro atoms.